The minimum absolute atomic E-state index is 0.117. The van der Waals surface area contributed by atoms with Gasteiger partial charge in [-0.2, -0.15) is 0 Å². The van der Waals surface area contributed by atoms with Crippen molar-refractivity contribution >= 4 is 5.97 Å². The number of carboxylic acids is 1. The number of rotatable bonds is 5. The first-order valence-corrected chi connectivity index (χ1v) is 6.09. The van der Waals surface area contributed by atoms with E-state index in [9.17, 15) is 14.3 Å². The van der Waals surface area contributed by atoms with E-state index >= 15 is 0 Å². The molecule has 1 atom stereocenters. The maximum absolute atomic E-state index is 13.7. The fraction of sp³-hybridized carbons (Fsp3) is 0.500. The molecule has 1 unspecified atom stereocenters. The highest BCUT2D eigenvalue weighted by molar-refractivity contribution is 5.76. The highest BCUT2D eigenvalue weighted by Gasteiger charge is 2.38. The Hall–Kier alpha value is -1.62. The van der Waals surface area contributed by atoms with Gasteiger partial charge < -0.3 is 14.6 Å². The summed E-state index contributed by atoms with van der Waals surface area (Å²) in [6, 6.07) is 4.30. The molecular weight excluding hydrogens is 251 g/mol. The summed E-state index contributed by atoms with van der Waals surface area (Å²) in [6.45, 7) is 3.08. The van der Waals surface area contributed by atoms with Crippen molar-refractivity contribution in [3.8, 4) is 5.75 Å². The smallest absolute Gasteiger partial charge is 0.310 e. The van der Waals surface area contributed by atoms with E-state index in [1.807, 2.05) is 6.92 Å². The molecule has 0 amide bonds. The lowest BCUT2D eigenvalue weighted by Gasteiger charge is -2.39. The van der Waals surface area contributed by atoms with Crippen molar-refractivity contribution in [3.05, 3.63) is 29.6 Å². The van der Waals surface area contributed by atoms with E-state index in [1.54, 1.807) is 6.07 Å². The molecule has 0 aliphatic carbocycles. The van der Waals surface area contributed by atoms with Crippen LogP contribution in [0.3, 0.4) is 0 Å². The Morgan fingerprint density at radius 3 is 2.68 bits per heavy atom. The van der Waals surface area contributed by atoms with Crippen LogP contribution in [0, 0.1) is 11.2 Å². The second-order valence-electron chi connectivity index (χ2n) is 5.29. The van der Waals surface area contributed by atoms with Gasteiger partial charge in [0.25, 0.3) is 0 Å². The van der Waals surface area contributed by atoms with Gasteiger partial charge in [-0.3, -0.25) is 4.79 Å². The lowest BCUT2D eigenvalue weighted by atomic mass is 9.77. The number of hydrogen-bond donors (Lipinski definition) is 1. The van der Waals surface area contributed by atoms with Crippen LogP contribution in [0.5, 0.6) is 5.75 Å². The van der Waals surface area contributed by atoms with E-state index in [2.05, 4.69) is 0 Å². The highest BCUT2D eigenvalue weighted by Crippen LogP contribution is 2.38. The highest BCUT2D eigenvalue weighted by atomic mass is 19.1. The molecule has 2 rings (SSSR count). The summed E-state index contributed by atoms with van der Waals surface area (Å²) < 4.78 is 23.6. The minimum atomic E-state index is -0.947. The average molecular weight is 268 g/mol. The Morgan fingerprint density at radius 1 is 1.58 bits per heavy atom. The van der Waals surface area contributed by atoms with Crippen LogP contribution in [0.15, 0.2) is 18.2 Å². The molecule has 1 fully saturated rings. The lowest BCUT2D eigenvalue weighted by Crippen LogP contribution is -2.41. The van der Waals surface area contributed by atoms with Crippen LogP contribution in [0.1, 0.15) is 24.8 Å². The van der Waals surface area contributed by atoms with Crippen molar-refractivity contribution < 1.29 is 23.8 Å². The predicted molar refractivity (Wildman–Crippen MR) is 66.9 cm³/mol. The maximum Gasteiger partial charge on any atom is 0.310 e. The van der Waals surface area contributed by atoms with Crippen molar-refractivity contribution in [1.29, 1.82) is 0 Å². The summed E-state index contributed by atoms with van der Waals surface area (Å²) in [5, 5.41) is 9.33. The summed E-state index contributed by atoms with van der Waals surface area (Å²) in [5.41, 5.74) is 0.318. The number of methoxy groups -OCH3 is 1. The normalized spacial score (nSPS) is 18.5. The molecule has 1 saturated heterocycles. The predicted octanol–water partition coefficient (Wildman–Crippen LogP) is 2.43. The van der Waals surface area contributed by atoms with Crippen molar-refractivity contribution in [2.75, 3.05) is 20.3 Å². The van der Waals surface area contributed by atoms with E-state index in [1.165, 1.54) is 19.2 Å². The van der Waals surface area contributed by atoms with E-state index < -0.39 is 17.7 Å². The Balaban J connectivity index is 2.23. The van der Waals surface area contributed by atoms with Gasteiger partial charge in [0.2, 0.25) is 0 Å². The van der Waals surface area contributed by atoms with Crippen LogP contribution >= 0.6 is 0 Å². The number of aliphatic carboxylic acids is 1. The van der Waals surface area contributed by atoms with Gasteiger partial charge in [-0.1, -0.05) is 13.0 Å². The van der Waals surface area contributed by atoms with Crippen LogP contribution in [0.4, 0.5) is 4.39 Å². The van der Waals surface area contributed by atoms with Crippen molar-refractivity contribution in [1.82, 2.24) is 0 Å². The quantitative estimate of drug-likeness (QED) is 0.891. The first kappa shape index (κ1) is 13.8. The number of benzene rings is 1. The molecule has 19 heavy (non-hydrogen) atoms. The number of carboxylic acid groups (broad SMARTS) is 1. The minimum Gasteiger partial charge on any atom is -0.494 e. The van der Waals surface area contributed by atoms with Crippen LogP contribution in [-0.4, -0.2) is 31.4 Å². The van der Waals surface area contributed by atoms with Crippen molar-refractivity contribution in [3.63, 3.8) is 0 Å². The maximum atomic E-state index is 13.7. The average Bonchev–Trinajstić information content (AvgIpc) is 2.33. The molecule has 1 aliphatic heterocycles. The van der Waals surface area contributed by atoms with Crippen LogP contribution < -0.4 is 4.74 Å². The van der Waals surface area contributed by atoms with Gasteiger partial charge in [-0.15, -0.1) is 0 Å². The van der Waals surface area contributed by atoms with E-state index in [0.717, 1.165) is 0 Å². The third-order valence-electron chi connectivity index (χ3n) is 3.47. The van der Waals surface area contributed by atoms with Crippen LogP contribution in [0.2, 0.25) is 0 Å². The third-order valence-corrected chi connectivity index (χ3v) is 3.47. The summed E-state index contributed by atoms with van der Waals surface area (Å²) in [7, 11) is 1.37. The number of ether oxygens (including phenoxy) is 2. The zero-order chi connectivity index (χ0) is 14.0. The van der Waals surface area contributed by atoms with Gasteiger partial charge in [0.05, 0.1) is 26.2 Å². The van der Waals surface area contributed by atoms with Gasteiger partial charge >= 0.3 is 5.97 Å². The third kappa shape index (κ3) is 2.87. The molecular formula is C14H17FO4. The largest absolute Gasteiger partial charge is 0.494 e. The summed E-state index contributed by atoms with van der Waals surface area (Å²) in [6.07, 6.45) is 0.439. The fourth-order valence-electron chi connectivity index (χ4n) is 2.31. The Kier molecular flexibility index (Phi) is 3.75. The fourth-order valence-corrected chi connectivity index (χ4v) is 2.31. The van der Waals surface area contributed by atoms with Crippen LogP contribution in [-0.2, 0) is 9.53 Å². The number of halogens is 1. The first-order valence-electron chi connectivity index (χ1n) is 6.09. The molecule has 0 spiro atoms. The second kappa shape index (κ2) is 5.17. The molecule has 0 radical (unpaired) electrons. The zero-order valence-corrected chi connectivity index (χ0v) is 11.0. The van der Waals surface area contributed by atoms with E-state index in [4.69, 9.17) is 9.47 Å². The molecule has 4 nitrogen and oxygen atoms in total. The molecule has 0 bridgehead atoms. The number of hydrogen-bond acceptors (Lipinski definition) is 3. The lowest BCUT2D eigenvalue weighted by molar-refractivity contribution is -0.145. The standard InChI is InChI=1S/C14H17FO4/c1-14(7-19-8-14)6-10(13(16)17)9-3-4-12(18-2)11(15)5-9/h3-5,10H,6-8H2,1-2H3,(H,16,17). The van der Waals surface area contributed by atoms with Gasteiger partial charge in [0.1, 0.15) is 0 Å². The molecule has 1 N–H and O–H groups in total. The Bertz CT molecular complexity index is 482. The van der Waals surface area contributed by atoms with Gasteiger partial charge in [-0.05, 0) is 24.1 Å². The molecule has 1 aromatic rings. The van der Waals surface area contributed by atoms with Gasteiger partial charge in [0.15, 0.2) is 11.6 Å². The molecule has 1 aromatic carbocycles. The van der Waals surface area contributed by atoms with Crippen molar-refractivity contribution in [2.45, 2.75) is 19.3 Å². The topological polar surface area (TPSA) is 55.8 Å². The Morgan fingerprint density at radius 2 is 2.26 bits per heavy atom. The SMILES string of the molecule is COc1ccc(C(CC2(C)COC2)C(=O)O)cc1F. The van der Waals surface area contributed by atoms with Crippen molar-refractivity contribution in [2.24, 2.45) is 5.41 Å². The monoisotopic (exact) mass is 268 g/mol. The molecule has 5 heteroatoms. The second-order valence-corrected chi connectivity index (χ2v) is 5.29. The zero-order valence-electron chi connectivity index (χ0n) is 11.0. The van der Waals surface area contributed by atoms with Gasteiger partial charge in [-0.25, -0.2) is 4.39 Å². The molecule has 0 aromatic heterocycles. The van der Waals surface area contributed by atoms with Crippen LogP contribution in [0.25, 0.3) is 0 Å². The Labute approximate surface area is 111 Å². The van der Waals surface area contributed by atoms with E-state index in [-0.39, 0.29) is 11.2 Å². The molecule has 0 saturated carbocycles. The summed E-state index contributed by atoms with van der Waals surface area (Å²) in [5.74, 6) is -2.10. The van der Waals surface area contributed by atoms with E-state index in [0.29, 0.717) is 25.2 Å². The molecule has 1 heterocycles. The first-order chi connectivity index (χ1) is 8.95. The molecule has 104 valence electrons. The summed E-state index contributed by atoms with van der Waals surface area (Å²) >= 11 is 0. The van der Waals surface area contributed by atoms with Gasteiger partial charge in [0, 0.05) is 5.41 Å². The molecule has 1 aliphatic rings. The summed E-state index contributed by atoms with van der Waals surface area (Å²) in [4.78, 5) is 11.4. The number of carbonyl (C=O) groups is 1.